The molecule has 1 amide bonds. The van der Waals surface area contributed by atoms with Crippen LogP contribution in [0.4, 0.5) is 0 Å². The molecule has 0 aliphatic rings. The van der Waals surface area contributed by atoms with Gasteiger partial charge in [0.25, 0.3) is 5.91 Å². The van der Waals surface area contributed by atoms with Crippen molar-refractivity contribution in [3.8, 4) is 17.7 Å². The summed E-state index contributed by atoms with van der Waals surface area (Å²) in [6.07, 6.45) is 0. The second-order valence-corrected chi connectivity index (χ2v) is 2.56. The fourth-order valence-corrected chi connectivity index (χ4v) is 0.934. The summed E-state index contributed by atoms with van der Waals surface area (Å²) in [7, 11) is 1.58. The van der Waals surface area contributed by atoms with Gasteiger partial charge in [-0.15, -0.1) is 0 Å². The summed E-state index contributed by atoms with van der Waals surface area (Å²) in [6.45, 7) is 1.66. The Bertz CT molecular complexity index is 371. The van der Waals surface area contributed by atoms with Gasteiger partial charge in [-0.2, -0.15) is 0 Å². The van der Waals surface area contributed by atoms with Gasteiger partial charge in [-0.25, -0.2) is 0 Å². The number of benzene rings is 1. The fourth-order valence-electron chi connectivity index (χ4n) is 0.934. The molecule has 0 unspecified atom stereocenters. The molecule has 0 aliphatic carbocycles. The molecule has 3 nitrogen and oxygen atoms in total. The average Bonchev–Trinajstić information content (AvgIpc) is 2.26. The van der Waals surface area contributed by atoms with Crippen LogP contribution in [0.25, 0.3) is 0 Å². The molecule has 1 aromatic rings. The molecule has 0 radical (unpaired) electrons. The van der Waals surface area contributed by atoms with Crippen molar-refractivity contribution in [3.63, 3.8) is 0 Å². The topological polar surface area (TPSA) is 38.3 Å². The van der Waals surface area contributed by atoms with Gasteiger partial charge in [0.1, 0.15) is 5.75 Å². The van der Waals surface area contributed by atoms with E-state index in [-0.39, 0.29) is 5.91 Å². The van der Waals surface area contributed by atoms with Crippen LogP contribution in [-0.2, 0) is 0 Å². The lowest BCUT2D eigenvalue weighted by molar-refractivity contribution is 0.0973. The molecule has 0 fully saturated rings. The van der Waals surface area contributed by atoms with Crippen LogP contribution in [0, 0.1) is 12.0 Å². The SMILES string of the molecule is CC#CNC(=O)c1ccc(OC)cc1. The fraction of sp³-hybridized carbons (Fsp3) is 0.182. The number of methoxy groups -OCH3 is 1. The predicted octanol–water partition coefficient (Wildman–Crippen LogP) is 1.41. The highest BCUT2D eigenvalue weighted by Crippen LogP contribution is 2.10. The third kappa shape index (κ3) is 2.53. The summed E-state index contributed by atoms with van der Waals surface area (Å²) in [6, 6.07) is 9.33. The van der Waals surface area contributed by atoms with Gasteiger partial charge in [0.05, 0.1) is 7.11 Å². The van der Waals surface area contributed by atoms with Crippen molar-refractivity contribution in [1.29, 1.82) is 0 Å². The van der Waals surface area contributed by atoms with Crippen molar-refractivity contribution in [2.24, 2.45) is 0 Å². The molecule has 3 heteroatoms. The number of carbonyl (C=O) groups excluding carboxylic acids is 1. The van der Waals surface area contributed by atoms with Gasteiger partial charge in [0, 0.05) is 11.6 Å². The second kappa shape index (κ2) is 4.93. The Hall–Kier alpha value is -1.95. The van der Waals surface area contributed by atoms with Crippen LogP contribution in [0.1, 0.15) is 17.3 Å². The lowest BCUT2D eigenvalue weighted by Crippen LogP contribution is -2.17. The van der Waals surface area contributed by atoms with Gasteiger partial charge < -0.3 is 4.74 Å². The second-order valence-electron chi connectivity index (χ2n) is 2.56. The van der Waals surface area contributed by atoms with E-state index in [0.29, 0.717) is 5.56 Å². The molecule has 0 heterocycles. The molecule has 72 valence electrons. The molecule has 0 saturated carbocycles. The molecular formula is C11H11NO2. The van der Waals surface area contributed by atoms with Crippen LogP contribution >= 0.6 is 0 Å². The molecular weight excluding hydrogens is 178 g/mol. The standard InChI is InChI=1S/C11H11NO2/c1-3-8-12-11(13)9-4-6-10(14-2)7-5-9/h4-7H,1-2H3,(H,12,13). The minimum atomic E-state index is -0.206. The third-order valence-corrected chi connectivity index (χ3v) is 1.65. The maximum atomic E-state index is 11.3. The number of hydrogen-bond donors (Lipinski definition) is 1. The Morgan fingerprint density at radius 1 is 1.36 bits per heavy atom. The van der Waals surface area contributed by atoms with Gasteiger partial charge in [0.15, 0.2) is 0 Å². The van der Waals surface area contributed by atoms with E-state index in [9.17, 15) is 4.79 Å². The first-order valence-corrected chi connectivity index (χ1v) is 4.14. The van der Waals surface area contributed by atoms with E-state index in [0.717, 1.165) is 5.75 Å². The molecule has 1 rings (SSSR count). The zero-order valence-corrected chi connectivity index (χ0v) is 8.13. The minimum Gasteiger partial charge on any atom is -0.497 e. The van der Waals surface area contributed by atoms with Crippen molar-refractivity contribution in [3.05, 3.63) is 29.8 Å². The summed E-state index contributed by atoms with van der Waals surface area (Å²) in [5, 5.41) is 2.45. The summed E-state index contributed by atoms with van der Waals surface area (Å²) < 4.78 is 4.97. The highest BCUT2D eigenvalue weighted by Gasteiger charge is 2.02. The molecule has 1 N–H and O–H groups in total. The number of amides is 1. The van der Waals surface area contributed by atoms with E-state index in [1.54, 1.807) is 38.3 Å². The lowest BCUT2D eigenvalue weighted by Gasteiger charge is -2.00. The zero-order valence-electron chi connectivity index (χ0n) is 8.13. The van der Waals surface area contributed by atoms with Crippen LogP contribution in [0.5, 0.6) is 5.75 Å². The third-order valence-electron chi connectivity index (χ3n) is 1.65. The van der Waals surface area contributed by atoms with E-state index in [1.165, 1.54) is 0 Å². The Morgan fingerprint density at radius 2 is 2.00 bits per heavy atom. The van der Waals surface area contributed by atoms with Crippen molar-refractivity contribution in [1.82, 2.24) is 5.32 Å². The van der Waals surface area contributed by atoms with Crippen molar-refractivity contribution >= 4 is 5.91 Å². The molecule has 0 aromatic heterocycles. The first-order chi connectivity index (χ1) is 6.77. The van der Waals surface area contributed by atoms with Gasteiger partial charge in [-0.3, -0.25) is 10.1 Å². The molecule has 0 bridgehead atoms. The van der Waals surface area contributed by atoms with Crippen LogP contribution in [0.3, 0.4) is 0 Å². The number of nitrogens with one attached hydrogen (secondary N) is 1. The first kappa shape index (κ1) is 10.1. The number of rotatable bonds is 2. The smallest absolute Gasteiger partial charge is 0.262 e. The molecule has 1 aromatic carbocycles. The van der Waals surface area contributed by atoms with Crippen molar-refractivity contribution in [2.45, 2.75) is 6.92 Å². The Kier molecular flexibility index (Phi) is 3.57. The first-order valence-electron chi connectivity index (χ1n) is 4.14. The summed E-state index contributed by atoms with van der Waals surface area (Å²) in [5.41, 5.74) is 0.563. The zero-order chi connectivity index (χ0) is 10.4. The van der Waals surface area contributed by atoms with Gasteiger partial charge in [0.2, 0.25) is 0 Å². The predicted molar refractivity (Wildman–Crippen MR) is 53.9 cm³/mol. The quantitative estimate of drug-likeness (QED) is 0.564. The van der Waals surface area contributed by atoms with Crippen LogP contribution < -0.4 is 10.1 Å². The monoisotopic (exact) mass is 189 g/mol. The summed E-state index contributed by atoms with van der Waals surface area (Å²) in [4.78, 5) is 11.3. The van der Waals surface area contributed by atoms with Crippen LogP contribution in [0.2, 0.25) is 0 Å². The molecule has 0 saturated heterocycles. The number of hydrogen-bond acceptors (Lipinski definition) is 2. The van der Waals surface area contributed by atoms with E-state index in [4.69, 9.17) is 4.74 Å². The highest BCUT2D eigenvalue weighted by atomic mass is 16.5. The molecule has 14 heavy (non-hydrogen) atoms. The van der Waals surface area contributed by atoms with E-state index < -0.39 is 0 Å². The van der Waals surface area contributed by atoms with Gasteiger partial charge in [-0.05, 0) is 31.2 Å². The van der Waals surface area contributed by atoms with Crippen molar-refractivity contribution < 1.29 is 9.53 Å². The summed E-state index contributed by atoms with van der Waals surface area (Å²) in [5.74, 6) is 3.10. The van der Waals surface area contributed by atoms with Crippen LogP contribution in [-0.4, -0.2) is 13.0 Å². The highest BCUT2D eigenvalue weighted by molar-refractivity contribution is 5.95. The largest absolute Gasteiger partial charge is 0.497 e. The van der Waals surface area contributed by atoms with Gasteiger partial charge >= 0.3 is 0 Å². The normalized spacial score (nSPS) is 8.43. The van der Waals surface area contributed by atoms with E-state index >= 15 is 0 Å². The van der Waals surface area contributed by atoms with E-state index in [2.05, 4.69) is 17.3 Å². The minimum absolute atomic E-state index is 0.206. The molecule has 0 spiro atoms. The Labute approximate surface area is 83.1 Å². The van der Waals surface area contributed by atoms with Gasteiger partial charge in [-0.1, -0.05) is 5.92 Å². The maximum Gasteiger partial charge on any atom is 0.262 e. The maximum absolute atomic E-state index is 11.3. The Morgan fingerprint density at radius 3 is 2.50 bits per heavy atom. The number of carbonyl (C=O) groups is 1. The molecule has 0 aliphatic heterocycles. The van der Waals surface area contributed by atoms with Crippen LogP contribution in [0.15, 0.2) is 24.3 Å². The van der Waals surface area contributed by atoms with E-state index in [1.807, 2.05) is 0 Å². The Balaban J connectivity index is 2.74. The summed E-state index contributed by atoms with van der Waals surface area (Å²) >= 11 is 0. The number of ether oxygens (including phenoxy) is 1. The molecule has 0 atom stereocenters. The average molecular weight is 189 g/mol. The van der Waals surface area contributed by atoms with Crippen molar-refractivity contribution in [2.75, 3.05) is 7.11 Å². The lowest BCUT2D eigenvalue weighted by atomic mass is 10.2.